The topological polar surface area (TPSA) is 29.3 Å². The normalized spacial score (nSPS) is 15.8. The van der Waals surface area contributed by atoms with Crippen LogP contribution < -0.4 is 5.73 Å². The Morgan fingerprint density at radius 2 is 1.62 bits per heavy atom. The summed E-state index contributed by atoms with van der Waals surface area (Å²) in [7, 11) is 0. The smallest absolute Gasteiger partial charge is 0.0303 e. The fraction of sp³-hybridized carbons (Fsp3) is 1.00. The van der Waals surface area contributed by atoms with Crippen LogP contribution in [0.2, 0.25) is 0 Å². The predicted molar refractivity (Wildman–Crippen MR) is 73.7 cm³/mol. The second kappa shape index (κ2) is 8.08. The number of nitrogens with zero attached hydrogens (tertiary/aromatic N) is 1. The van der Waals surface area contributed by atoms with Gasteiger partial charge in [-0.25, -0.2) is 0 Å². The lowest BCUT2D eigenvalue weighted by Gasteiger charge is -2.41. The minimum atomic E-state index is 0.205. The minimum absolute atomic E-state index is 0.205. The van der Waals surface area contributed by atoms with Gasteiger partial charge in [0.25, 0.3) is 0 Å². The molecule has 2 nitrogen and oxygen atoms in total. The molecule has 0 aromatic heterocycles. The molecule has 98 valence electrons. The van der Waals surface area contributed by atoms with E-state index in [0.717, 1.165) is 12.5 Å². The van der Waals surface area contributed by atoms with Crippen molar-refractivity contribution in [1.82, 2.24) is 4.90 Å². The third-order valence-corrected chi connectivity index (χ3v) is 3.45. The average molecular weight is 228 g/mol. The van der Waals surface area contributed by atoms with Gasteiger partial charge in [-0.15, -0.1) is 0 Å². The van der Waals surface area contributed by atoms with Crippen molar-refractivity contribution in [3.63, 3.8) is 0 Å². The first-order valence-corrected chi connectivity index (χ1v) is 6.95. The lowest BCUT2D eigenvalue weighted by molar-refractivity contribution is 0.0953. The van der Waals surface area contributed by atoms with E-state index in [-0.39, 0.29) is 5.54 Å². The van der Waals surface area contributed by atoms with E-state index in [2.05, 4.69) is 39.5 Å². The fourth-order valence-corrected chi connectivity index (χ4v) is 2.18. The van der Waals surface area contributed by atoms with E-state index in [4.69, 9.17) is 5.73 Å². The summed E-state index contributed by atoms with van der Waals surface area (Å²) in [6, 6.07) is 0. The maximum absolute atomic E-state index is 6.01. The summed E-state index contributed by atoms with van der Waals surface area (Å²) in [5, 5.41) is 0. The molecule has 1 atom stereocenters. The number of rotatable bonds is 9. The molecule has 2 N–H and O–H groups in total. The van der Waals surface area contributed by atoms with Crippen LogP contribution >= 0.6 is 0 Å². The molecule has 0 aliphatic rings. The average Bonchev–Trinajstić information content (AvgIpc) is 2.25. The second-order valence-corrected chi connectivity index (χ2v) is 5.62. The van der Waals surface area contributed by atoms with Crippen LogP contribution in [0.15, 0.2) is 0 Å². The lowest BCUT2D eigenvalue weighted by Crippen LogP contribution is -2.52. The summed E-state index contributed by atoms with van der Waals surface area (Å²) in [6.45, 7) is 14.6. The van der Waals surface area contributed by atoms with Crippen molar-refractivity contribution in [2.45, 2.75) is 65.8 Å². The van der Waals surface area contributed by atoms with Gasteiger partial charge in [0.05, 0.1) is 0 Å². The van der Waals surface area contributed by atoms with Gasteiger partial charge in [-0.2, -0.15) is 0 Å². The zero-order valence-corrected chi connectivity index (χ0v) is 12.1. The summed E-state index contributed by atoms with van der Waals surface area (Å²) >= 11 is 0. The zero-order chi connectivity index (χ0) is 12.6. The van der Waals surface area contributed by atoms with Crippen molar-refractivity contribution >= 4 is 0 Å². The molecular formula is C14H32N2. The van der Waals surface area contributed by atoms with Crippen LogP contribution in [0.4, 0.5) is 0 Å². The highest BCUT2D eigenvalue weighted by molar-refractivity contribution is 4.87. The summed E-state index contributed by atoms with van der Waals surface area (Å²) in [5.74, 6) is 0.774. The van der Waals surface area contributed by atoms with E-state index < -0.39 is 0 Å². The largest absolute Gasteiger partial charge is 0.329 e. The summed E-state index contributed by atoms with van der Waals surface area (Å²) in [6.07, 6.45) is 4.94. The summed E-state index contributed by atoms with van der Waals surface area (Å²) in [5.41, 5.74) is 6.22. The Bertz CT molecular complexity index is 162. The minimum Gasteiger partial charge on any atom is -0.329 e. The van der Waals surface area contributed by atoms with Crippen molar-refractivity contribution in [2.24, 2.45) is 11.7 Å². The molecule has 0 aliphatic carbocycles. The first kappa shape index (κ1) is 15.9. The molecule has 16 heavy (non-hydrogen) atoms. The van der Waals surface area contributed by atoms with Crippen LogP contribution in [-0.2, 0) is 0 Å². The van der Waals surface area contributed by atoms with E-state index >= 15 is 0 Å². The molecule has 0 radical (unpaired) electrons. The summed E-state index contributed by atoms with van der Waals surface area (Å²) < 4.78 is 0. The van der Waals surface area contributed by atoms with Crippen LogP contribution in [0.5, 0.6) is 0 Å². The van der Waals surface area contributed by atoms with Crippen molar-refractivity contribution in [3.8, 4) is 0 Å². The molecule has 0 saturated heterocycles. The molecule has 0 saturated carbocycles. The highest BCUT2D eigenvalue weighted by atomic mass is 15.2. The second-order valence-electron chi connectivity index (χ2n) is 5.62. The van der Waals surface area contributed by atoms with E-state index in [9.17, 15) is 0 Å². The Hall–Kier alpha value is -0.0800. The molecule has 1 unspecified atom stereocenters. The van der Waals surface area contributed by atoms with Gasteiger partial charge in [-0.1, -0.05) is 27.7 Å². The van der Waals surface area contributed by atoms with E-state index in [0.29, 0.717) is 0 Å². The summed E-state index contributed by atoms with van der Waals surface area (Å²) in [4.78, 5) is 2.59. The molecule has 0 amide bonds. The van der Waals surface area contributed by atoms with Gasteiger partial charge < -0.3 is 5.73 Å². The quantitative estimate of drug-likeness (QED) is 0.656. The molecule has 0 spiro atoms. The Kier molecular flexibility index (Phi) is 8.04. The van der Waals surface area contributed by atoms with Crippen molar-refractivity contribution in [1.29, 1.82) is 0 Å². The van der Waals surface area contributed by atoms with Crippen LogP contribution in [0, 0.1) is 5.92 Å². The fourth-order valence-electron chi connectivity index (χ4n) is 2.18. The molecule has 0 aromatic carbocycles. The monoisotopic (exact) mass is 228 g/mol. The third-order valence-electron chi connectivity index (χ3n) is 3.45. The molecule has 0 fully saturated rings. The van der Waals surface area contributed by atoms with Crippen molar-refractivity contribution in [3.05, 3.63) is 0 Å². The van der Waals surface area contributed by atoms with Gasteiger partial charge in [0.15, 0.2) is 0 Å². The molecule has 0 heterocycles. The maximum Gasteiger partial charge on any atom is 0.0303 e. The van der Waals surface area contributed by atoms with Gasteiger partial charge in [0, 0.05) is 12.1 Å². The van der Waals surface area contributed by atoms with Crippen molar-refractivity contribution in [2.75, 3.05) is 19.6 Å². The van der Waals surface area contributed by atoms with Crippen LogP contribution in [0.3, 0.4) is 0 Å². The Morgan fingerprint density at radius 1 is 1.12 bits per heavy atom. The first-order valence-electron chi connectivity index (χ1n) is 6.95. The molecule has 0 aromatic rings. The molecular weight excluding hydrogens is 196 g/mol. The number of hydrogen-bond donors (Lipinski definition) is 1. The van der Waals surface area contributed by atoms with Crippen molar-refractivity contribution < 1.29 is 0 Å². The SMILES string of the molecule is CCCN(CCC)C(C)(CN)CCC(C)C. The van der Waals surface area contributed by atoms with E-state index in [1.54, 1.807) is 0 Å². The molecule has 0 aliphatic heterocycles. The highest BCUT2D eigenvalue weighted by Crippen LogP contribution is 2.23. The van der Waals surface area contributed by atoms with Gasteiger partial charge in [-0.3, -0.25) is 4.90 Å². The maximum atomic E-state index is 6.01. The van der Waals surface area contributed by atoms with E-state index in [1.807, 2.05) is 0 Å². The van der Waals surface area contributed by atoms with Crippen LogP contribution in [-0.4, -0.2) is 30.1 Å². The zero-order valence-electron chi connectivity index (χ0n) is 12.1. The number of nitrogens with two attached hydrogens (primary N) is 1. The van der Waals surface area contributed by atoms with E-state index in [1.165, 1.54) is 38.8 Å². The Morgan fingerprint density at radius 3 is 1.94 bits per heavy atom. The molecule has 0 bridgehead atoms. The Balaban J connectivity index is 4.45. The number of hydrogen-bond acceptors (Lipinski definition) is 2. The van der Waals surface area contributed by atoms with Gasteiger partial charge >= 0.3 is 0 Å². The first-order chi connectivity index (χ1) is 7.50. The third kappa shape index (κ3) is 5.31. The van der Waals surface area contributed by atoms with Gasteiger partial charge in [0.1, 0.15) is 0 Å². The molecule has 2 heteroatoms. The lowest BCUT2D eigenvalue weighted by atomic mass is 9.89. The Labute approximate surface area is 103 Å². The predicted octanol–water partition coefficient (Wildman–Crippen LogP) is 3.26. The van der Waals surface area contributed by atoms with Crippen LogP contribution in [0.25, 0.3) is 0 Å². The standard InChI is InChI=1S/C14H32N2/c1-6-10-16(11-7-2)14(5,12-15)9-8-13(3)4/h13H,6-12,15H2,1-5H3. The van der Waals surface area contributed by atoms with Crippen LogP contribution in [0.1, 0.15) is 60.3 Å². The molecule has 0 rings (SSSR count). The highest BCUT2D eigenvalue weighted by Gasteiger charge is 2.28. The van der Waals surface area contributed by atoms with Gasteiger partial charge in [-0.05, 0) is 51.6 Å². The van der Waals surface area contributed by atoms with Gasteiger partial charge in [0.2, 0.25) is 0 Å².